The largest absolute Gasteiger partial charge is 0.507 e. The van der Waals surface area contributed by atoms with E-state index in [4.69, 9.17) is 4.55 Å². The third kappa shape index (κ3) is 11.6. The first-order valence-corrected chi connectivity index (χ1v) is 12.4. The average Bonchev–Trinajstić information content (AvgIpc) is 2.62. The predicted octanol–water partition coefficient (Wildman–Crippen LogP) is 4.07. The van der Waals surface area contributed by atoms with Crippen LogP contribution in [0.4, 0.5) is 0 Å². The lowest BCUT2D eigenvalue weighted by Gasteiger charge is -2.20. The van der Waals surface area contributed by atoms with Crippen LogP contribution in [0.15, 0.2) is 12.1 Å². The van der Waals surface area contributed by atoms with Crippen molar-refractivity contribution in [1.82, 2.24) is 9.80 Å². The second-order valence-electron chi connectivity index (χ2n) is 8.40. The van der Waals surface area contributed by atoms with E-state index in [-0.39, 0.29) is 18.0 Å². The molecule has 0 amide bonds. The predicted molar refractivity (Wildman–Crippen MR) is 120 cm³/mol. The Morgan fingerprint density at radius 2 is 1.45 bits per heavy atom. The van der Waals surface area contributed by atoms with Gasteiger partial charge in [0.2, 0.25) is 0 Å². The van der Waals surface area contributed by atoms with Crippen molar-refractivity contribution >= 4 is 10.1 Å². The number of aromatic hydroxyl groups is 1. The summed E-state index contributed by atoms with van der Waals surface area (Å²) in [5, 5.41) is 10.7. The summed E-state index contributed by atoms with van der Waals surface area (Å²) >= 11 is 0. The summed E-state index contributed by atoms with van der Waals surface area (Å²) in [6.45, 7) is 3.53. The normalized spacial score (nSPS) is 12.2. The summed E-state index contributed by atoms with van der Waals surface area (Å²) in [7, 11) is 1.75. The Kier molecular flexibility index (Phi) is 11.8. The number of nitrogens with zero attached hydrogens (tertiary/aromatic N) is 2. The van der Waals surface area contributed by atoms with Gasteiger partial charge in [-0.1, -0.05) is 57.6 Å². The maximum absolute atomic E-state index is 11.0. The zero-order valence-corrected chi connectivity index (χ0v) is 19.5. The summed E-state index contributed by atoms with van der Waals surface area (Å²) < 4.78 is 30.9. The van der Waals surface area contributed by atoms with Gasteiger partial charge in [-0.3, -0.25) is 4.55 Å². The minimum Gasteiger partial charge on any atom is -0.507 e. The number of benzene rings is 1. The van der Waals surface area contributed by atoms with E-state index in [9.17, 15) is 13.5 Å². The SMILES string of the molecule is CCCCCCCCCc1cc(CN(C)C)c(O)c(CN(C)CCS(=O)(=O)O)c1. The van der Waals surface area contributed by atoms with Crippen LogP contribution >= 0.6 is 0 Å². The molecular formula is C22H40N2O4S. The van der Waals surface area contributed by atoms with Crippen LogP contribution in [0.25, 0.3) is 0 Å². The minimum atomic E-state index is -3.99. The molecule has 0 aromatic heterocycles. The van der Waals surface area contributed by atoms with E-state index < -0.39 is 10.1 Å². The standard InChI is InChI=1S/C22H40N2O4S/c1-5-6-7-8-9-10-11-12-19-15-20(17-23(2)3)22(25)21(16-19)18-24(4)13-14-29(26,27)28/h15-16,25H,5-14,17-18H2,1-4H3,(H,26,27,28). The van der Waals surface area contributed by atoms with Crippen molar-refractivity contribution in [1.29, 1.82) is 0 Å². The Balaban J connectivity index is 2.76. The summed E-state index contributed by atoms with van der Waals surface area (Å²) in [6.07, 6.45) is 9.82. The maximum atomic E-state index is 11.0. The lowest BCUT2D eigenvalue weighted by Crippen LogP contribution is -2.25. The van der Waals surface area contributed by atoms with Crippen molar-refractivity contribution < 1.29 is 18.1 Å². The molecule has 0 aliphatic heterocycles. The fourth-order valence-electron chi connectivity index (χ4n) is 3.49. The average molecular weight is 429 g/mol. The van der Waals surface area contributed by atoms with Gasteiger partial charge < -0.3 is 14.9 Å². The molecule has 29 heavy (non-hydrogen) atoms. The van der Waals surface area contributed by atoms with Crippen molar-refractivity contribution in [3.63, 3.8) is 0 Å². The van der Waals surface area contributed by atoms with E-state index in [0.29, 0.717) is 13.1 Å². The smallest absolute Gasteiger partial charge is 0.266 e. The van der Waals surface area contributed by atoms with E-state index in [2.05, 4.69) is 13.0 Å². The van der Waals surface area contributed by atoms with Gasteiger partial charge in [0.25, 0.3) is 10.1 Å². The number of unbranched alkanes of at least 4 members (excludes halogenated alkanes) is 6. The summed E-state index contributed by atoms with van der Waals surface area (Å²) in [6, 6.07) is 4.13. The van der Waals surface area contributed by atoms with Gasteiger partial charge in [-0.15, -0.1) is 0 Å². The van der Waals surface area contributed by atoms with Crippen molar-refractivity contribution in [2.45, 2.75) is 71.4 Å². The molecule has 1 aromatic carbocycles. The molecule has 0 aliphatic carbocycles. The molecule has 0 spiro atoms. The van der Waals surface area contributed by atoms with Crippen LogP contribution in [0.5, 0.6) is 5.75 Å². The molecule has 0 saturated heterocycles. The molecule has 0 bridgehead atoms. The number of hydrogen-bond donors (Lipinski definition) is 2. The summed E-state index contributed by atoms with van der Waals surface area (Å²) in [5.74, 6) is -0.0345. The molecule has 6 nitrogen and oxygen atoms in total. The third-order valence-corrected chi connectivity index (χ3v) is 5.75. The fraction of sp³-hybridized carbons (Fsp3) is 0.727. The summed E-state index contributed by atoms with van der Waals surface area (Å²) in [4.78, 5) is 3.83. The fourth-order valence-corrected chi connectivity index (χ4v) is 4.03. The van der Waals surface area contributed by atoms with Crippen molar-refractivity contribution in [3.8, 4) is 5.75 Å². The van der Waals surface area contributed by atoms with Gasteiger partial charge in [0, 0.05) is 30.8 Å². The number of hydrogen-bond acceptors (Lipinski definition) is 5. The highest BCUT2D eigenvalue weighted by molar-refractivity contribution is 7.85. The van der Waals surface area contributed by atoms with Crippen LogP contribution in [0.3, 0.4) is 0 Å². The number of rotatable bonds is 15. The minimum absolute atomic E-state index is 0.212. The Bertz CT molecular complexity index is 705. The second kappa shape index (κ2) is 13.2. The number of phenols is 1. The molecule has 0 saturated carbocycles. The molecule has 0 heterocycles. The van der Waals surface area contributed by atoms with E-state index in [0.717, 1.165) is 24.0 Å². The first kappa shape index (κ1) is 25.9. The van der Waals surface area contributed by atoms with E-state index in [1.165, 1.54) is 44.1 Å². The monoisotopic (exact) mass is 428 g/mol. The van der Waals surface area contributed by atoms with E-state index in [1.807, 2.05) is 25.1 Å². The highest BCUT2D eigenvalue weighted by Gasteiger charge is 2.14. The number of aryl methyl sites for hydroxylation is 1. The molecular weight excluding hydrogens is 388 g/mol. The zero-order chi connectivity index (χ0) is 21.9. The second-order valence-corrected chi connectivity index (χ2v) is 9.97. The van der Waals surface area contributed by atoms with Crippen LogP contribution < -0.4 is 0 Å². The van der Waals surface area contributed by atoms with E-state index in [1.54, 1.807) is 11.9 Å². The topological polar surface area (TPSA) is 81.1 Å². The van der Waals surface area contributed by atoms with Crippen LogP contribution in [0.2, 0.25) is 0 Å². The van der Waals surface area contributed by atoms with Crippen LogP contribution in [-0.4, -0.2) is 61.3 Å². The van der Waals surface area contributed by atoms with Gasteiger partial charge in [0.1, 0.15) is 5.75 Å². The van der Waals surface area contributed by atoms with Crippen molar-refractivity contribution in [2.75, 3.05) is 33.4 Å². The molecule has 168 valence electrons. The molecule has 0 fully saturated rings. The van der Waals surface area contributed by atoms with Crippen LogP contribution in [0, 0.1) is 0 Å². The Hall–Kier alpha value is -1.15. The third-order valence-electron chi connectivity index (χ3n) is 5.05. The lowest BCUT2D eigenvalue weighted by molar-refractivity contribution is 0.330. The Morgan fingerprint density at radius 3 is 2.00 bits per heavy atom. The van der Waals surface area contributed by atoms with E-state index >= 15 is 0 Å². The Labute approximate surface area is 177 Å². The highest BCUT2D eigenvalue weighted by Crippen LogP contribution is 2.28. The quantitative estimate of drug-likeness (QED) is 0.324. The zero-order valence-electron chi connectivity index (χ0n) is 18.7. The lowest BCUT2D eigenvalue weighted by atomic mass is 9.98. The van der Waals surface area contributed by atoms with Gasteiger partial charge >= 0.3 is 0 Å². The molecule has 1 rings (SSSR count). The van der Waals surface area contributed by atoms with Gasteiger partial charge in [0.15, 0.2) is 0 Å². The number of phenolic OH excluding ortho intramolecular Hbond substituents is 1. The maximum Gasteiger partial charge on any atom is 0.266 e. The van der Waals surface area contributed by atoms with Crippen LogP contribution in [0.1, 0.15) is 68.6 Å². The van der Waals surface area contributed by atoms with Crippen molar-refractivity contribution in [3.05, 3.63) is 28.8 Å². The van der Waals surface area contributed by atoms with Gasteiger partial charge in [0.05, 0.1) is 5.75 Å². The molecule has 2 N–H and O–H groups in total. The van der Waals surface area contributed by atoms with Crippen molar-refractivity contribution in [2.24, 2.45) is 0 Å². The first-order chi connectivity index (χ1) is 13.6. The molecule has 0 aliphatic rings. The first-order valence-electron chi connectivity index (χ1n) is 10.7. The molecule has 7 heteroatoms. The summed E-state index contributed by atoms with van der Waals surface area (Å²) in [5.41, 5.74) is 2.92. The molecule has 1 aromatic rings. The van der Waals surface area contributed by atoms with Gasteiger partial charge in [-0.05, 0) is 39.5 Å². The van der Waals surface area contributed by atoms with Gasteiger partial charge in [-0.2, -0.15) is 8.42 Å². The van der Waals surface area contributed by atoms with Crippen LogP contribution in [-0.2, 0) is 29.6 Å². The Morgan fingerprint density at radius 1 is 0.897 bits per heavy atom. The highest BCUT2D eigenvalue weighted by atomic mass is 32.2. The molecule has 0 radical (unpaired) electrons. The van der Waals surface area contributed by atoms with Gasteiger partial charge in [-0.25, -0.2) is 0 Å². The molecule has 0 unspecified atom stereocenters. The molecule has 0 atom stereocenters.